The Morgan fingerprint density at radius 2 is 1.58 bits per heavy atom. The number of aryl methyl sites for hydroxylation is 1. The van der Waals surface area contributed by atoms with Gasteiger partial charge in [-0.3, -0.25) is 9.48 Å². The van der Waals surface area contributed by atoms with Crippen molar-refractivity contribution in [2.24, 2.45) is 7.05 Å². The Morgan fingerprint density at radius 1 is 0.947 bits per heavy atom. The number of hydrogen-bond acceptors (Lipinski definition) is 1. The lowest BCUT2D eigenvalue weighted by atomic mass is 10.3. The van der Waals surface area contributed by atoms with Gasteiger partial charge in [0.15, 0.2) is 12.4 Å². The molecule has 0 bridgehead atoms. The lowest BCUT2D eigenvalue weighted by Gasteiger charge is -2.19. The highest BCUT2D eigenvalue weighted by Gasteiger charge is 2.29. The maximum atomic E-state index is 2.53. The van der Waals surface area contributed by atoms with Crippen LogP contribution in [0.15, 0.2) is 30.6 Å². The van der Waals surface area contributed by atoms with E-state index in [1.165, 1.54) is 38.9 Å². The number of hydrogen-bond donors (Lipinski definition) is 0. The molecule has 3 heterocycles. The van der Waals surface area contributed by atoms with Gasteiger partial charge in [-0.05, 0) is 6.42 Å². The molecule has 2 aliphatic heterocycles. The molecule has 0 saturated carbocycles. The van der Waals surface area contributed by atoms with Crippen LogP contribution in [0.25, 0.3) is 0 Å². The molecule has 3 heteroatoms. The minimum absolute atomic E-state index is 0. The highest BCUT2D eigenvalue weighted by atomic mass is 15.3. The number of rotatable bonds is 0. The zero-order chi connectivity index (χ0) is 12.1. The van der Waals surface area contributed by atoms with E-state index in [-0.39, 0.29) is 14.9 Å². The molecule has 0 aliphatic carbocycles. The topological polar surface area (TPSA) is 10.1 Å². The summed E-state index contributed by atoms with van der Waals surface area (Å²) >= 11 is 0. The quantitative estimate of drug-likeness (QED) is 0.655. The minimum atomic E-state index is 0. The summed E-state index contributed by atoms with van der Waals surface area (Å²) < 4.78 is 4.41. The number of fused-ring (bicyclic) bond motifs is 1. The Kier molecular flexibility index (Phi) is 8.05. The van der Waals surface area contributed by atoms with Crippen molar-refractivity contribution in [2.75, 3.05) is 26.7 Å². The van der Waals surface area contributed by atoms with Gasteiger partial charge in [-0.1, -0.05) is 20.9 Å². The van der Waals surface area contributed by atoms with Gasteiger partial charge >= 0.3 is 0 Å². The van der Waals surface area contributed by atoms with E-state index < -0.39 is 0 Å². The third-order valence-electron chi connectivity index (χ3n) is 3.42. The van der Waals surface area contributed by atoms with Gasteiger partial charge in [-0.15, -0.1) is 0 Å². The van der Waals surface area contributed by atoms with Crippen molar-refractivity contribution >= 4 is 5.84 Å². The standard InChI is InChI=1S/C8H15N2.C6H8N.2CH4/c1-9-5-3-7-10-6-2-4-8(9)10;1-7-5-3-2-4-6-7;;/h2-7H2,1H3;2-6H,1H3;2*1H4/q2*+1;;. The Morgan fingerprint density at radius 3 is 2.11 bits per heavy atom. The normalized spacial score (nSPS) is 16.6. The van der Waals surface area contributed by atoms with Crippen molar-refractivity contribution in [2.45, 2.75) is 34.1 Å². The maximum Gasteiger partial charge on any atom is 0.246 e. The first-order chi connectivity index (χ1) is 8.27. The van der Waals surface area contributed by atoms with E-state index in [1.807, 2.05) is 42.2 Å². The van der Waals surface area contributed by atoms with E-state index in [2.05, 4.69) is 16.5 Å². The van der Waals surface area contributed by atoms with E-state index in [1.54, 1.807) is 5.84 Å². The van der Waals surface area contributed by atoms with Crippen molar-refractivity contribution < 1.29 is 9.14 Å². The van der Waals surface area contributed by atoms with E-state index in [0.29, 0.717) is 0 Å². The summed E-state index contributed by atoms with van der Waals surface area (Å²) in [6.45, 7) is 3.88. The molecule has 3 rings (SSSR count). The molecule has 1 aromatic rings. The maximum absolute atomic E-state index is 2.53. The van der Waals surface area contributed by atoms with Crippen LogP contribution in [0.4, 0.5) is 0 Å². The lowest BCUT2D eigenvalue weighted by Crippen LogP contribution is -2.38. The summed E-state index contributed by atoms with van der Waals surface area (Å²) in [7, 11) is 4.22. The summed E-state index contributed by atoms with van der Waals surface area (Å²) in [5, 5.41) is 0. The fraction of sp³-hybridized carbons (Fsp3) is 0.625. The molecule has 1 saturated heterocycles. The lowest BCUT2D eigenvalue weighted by molar-refractivity contribution is -0.671. The number of nitrogens with zero attached hydrogens (tertiary/aromatic N) is 3. The molecule has 0 amide bonds. The first-order valence-corrected chi connectivity index (χ1v) is 6.49. The summed E-state index contributed by atoms with van der Waals surface area (Å²) in [4.78, 5) is 2.53. The minimum Gasteiger partial charge on any atom is -0.268 e. The van der Waals surface area contributed by atoms with Crippen LogP contribution in [0, 0.1) is 0 Å². The van der Waals surface area contributed by atoms with Crippen LogP contribution in [0.3, 0.4) is 0 Å². The molecule has 0 radical (unpaired) electrons. The average Bonchev–Trinajstić information content (AvgIpc) is 2.80. The van der Waals surface area contributed by atoms with Gasteiger partial charge in [-0.2, -0.15) is 0 Å². The largest absolute Gasteiger partial charge is 0.268 e. The van der Waals surface area contributed by atoms with Crippen molar-refractivity contribution in [3.05, 3.63) is 30.6 Å². The molecule has 0 N–H and O–H groups in total. The second kappa shape index (κ2) is 8.68. The zero-order valence-corrected chi connectivity index (χ0v) is 11.0. The molecule has 0 unspecified atom stereocenters. The second-order valence-corrected chi connectivity index (χ2v) is 4.82. The van der Waals surface area contributed by atoms with Crippen molar-refractivity contribution in [1.82, 2.24) is 4.90 Å². The van der Waals surface area contributed by atoms with Gasteiger partial charge in [0.2, 0.25) is 5.84 Å². The van der Waals surface area contributed by atoms with Crippen LogP contribution in [0.2, 0.25) is 0 Å². The Bertz CT molecular complexity index is 384. The fourth-order valence-corrected chi connectivity index (χ4v) is 2.50. The summed E-state index contributed by atoms with van der Waals surface area (Å²) in [6.07, 6.45) is 8.04. The zero-order valence-electron chi connectivity index (χ0n) is 11.0. The molecular weight excluding hydrogens is 234 g/mol. The molecular formula is C16H31N3+2. The second-order valence-electron chi connectivity index (χ2n) is 4.82. The van der Waals surface area contributed by atoms with Crippen LogP contribution in [-0.4, -0.2) is 42.0 Å². The smallest absolute Gasteiger partial charge is 0.246 e. The van der Waals surface area contributed by atoms with Crippen LogP contribution in [0.5, 0.6) is 0 Å². The number of amidine groups is 1. The van der Waals surface area contributed by atoms with Crippen molar-refractivity contribution in [1.29, 1.82) is 0 Å². The van der Waals surface area contributed by atoms with Gasteiger partial charge in [-0.25, -0.2) is 4.57 Å². The Balaban J connectivity index is 0.000000325. The van der Waals surface area contributed by atoms with Gasteiger partial charge < -0.3 is 0 Å². The molecule has 0 atom stereocenters. The Labute approximate surface area is 119 Å². The molecule has 108 valence electrons. The van der Waals surface area contributed by atoms with Crippen LogP contribution >= 0.6 is 0 Å². The monoisotopic (exact) mass is 265 g/mol. The summed E-state index contributed by atoms with van der Waals surface area (Å²) in [6, 6.07) is 6.00. The number of aromatic nitrogens is 1. The summed E-state index contributed by atoms with van der Waals surface area (Å²) in [5.74, 6) is 1.59. The van der Waals surface area contributed by atoms with Crippen molar-refractivity contribution in [3.8, 4) is 0 Å². The molecule has 1 aromatic heterocycles. The fourth-order valence-electron chi connectivity index (χ4n) is 2.50. The third kappa shape index (κ3) is 5.01. The Hall–Kier alpha value is -1.38. The van der Waals surface area contributed by atoms with Gasteiger partial charge in [0.25, 0.3) is 0 Å². The highest BCUT2D eigenvalue weighted by Crippen LogP contribution is 2.14. The first kappa shape index (κ1) is 17.6. The van der Waals surface area contributed by atoms with E-state index in [4.69, 9.17) is 0 Å². The third-order valence-corrected chi connectivity index (χ3v) is 3.42. The van der Waals surface area contributed by atoms with Gasteiger partial charge in [0.05, 0.1) is 33.1 Å². The molecule has 2 aliphatic rings. The van der Waals surface area contributed by atoms with Crippen LogP contribution < -0.4 is 4.57 Å². The first-order valence-electron chi connectivity index (χ1n) is 6.49. The van der Waals surface area contributed by atoms with E-state index in [9.17, 15) is 0 Å². The summed E-state index contributed by atoms with van der Waals surface area (Å²) in [5.41, 5.74) is 0. The van der Waals surface area contributed by atoms with Crippen molar-refractivity contribution in [3.63, 3.8) is 0 Å². The van der Waals surface area contributed by atoms with E-state index in [0.717, 1.165) is 0 Å². The van der Waals surface area contributed by atoms with Crippen LogP contribution in [-0.2, 0) is 7.05 Å². The molecule has 0 aromatic carbocycles. The molecule has 0 spiro atoms. The molecule has 1 fully saturated rings. The van der Waals surface area contributed by atoms with Gasteiger partial charge in [0.1, 0.15) is 7.05 Å². The van der Waals surface area contributed by atoms with Gasteiger partial charge in [0, 0.05) is 18.6 Å². The molecule has 3 nitrogen and oxygen atoms in total. The van der Waals surface area contributed by atoms with Crippen LogP contribution in [0.1, 0.15) is 34.1 Å². The van der Waals surface area contributed by atoms with E-state index >= 15 is 0 Å². The predicted molar refractivity (Wildman–Crippen MR) is 82.6 cm³/mol. The number of pyridine rings is 1. The molecule has 19 heavy (non-hydrogen) atoms. The highest BCUT2D eigenvalue weighted by molar-refractivity contribution is 5.79. The predicted octanol–water partition coefficient (Wildman–Crippen LogP) is 2.31. The SMILES string of the molecule is C.C.C[N+]1=C2CCCN2CCC1.C[n+]1ccccc1. The average molecular weight is 265 g/mol.